The zero-order valence-corrected chi connectivity index (χ0v) is 10.8. The van der Waals surface area contributed by atoms with Crippen molar-refractivity contribution < 1.29 is 4.39 Å². The van der Waals surface area contributed by atoms with Crippen LogP contribution in [0.3, 0.4) is 0 Å². The van der Waals surface area contributed by atoms with Gasteiger partial charge in [0.15, 0.2) is 0 Å². The molecule has 1 fully saturated rings. The number of nitrogens with one attached hydrogen (secondary N) is 1. The van der Waals surface area contributed by atoms with Crippen LogP contribution in [0, 0.1) is 11.7 Å². The van der Waals surface area contributed by atoms with E-state index in [1.54, 1.807) is 6.07 Å². The molecule has 1 aliphatic rings. The number of nitrogens with zero attached hydrogens (tertiary/aromatic N) is 1. The minimum Gasteiger partial charge on any atom is -0.383 e. The van der Waals surface area contributed by atoms with Crippen LogP contribution in [0.2, 0.25) is 5.02 Å². The van der Waals surface area contributed by atoms with Gasteiger partial charge < -0.3 is 10.2 Å². The lowest BCUT2D eigenvalue weighted by atomic mass is 9.98. The van der Waals surface area contributed by atoms with E-state index >= 15 is 0 Å². The summed E-state index contributed by atoms with van der Waals surface area (Å²) in [4.78, 5) is 2.34. The Balaban J connectivity index is 1.90. The van der Waals surface area contributed by atoms with Gasteiger partial charge in [0.1, 0.15) is 5.82 Å². The molecule has 0 bridgehead atoms. The molecule has 1 N–H and O–H groups in total. The molecule has 0 spiro atoms. The number of likely N-dealkylation sites (tertiary alicyclic amines) is 1. The van der Waals surface area contributed by atoms with Crippen molar-refractivity contribution in [2.45, 2.75) is 12.8 Å². The first-order chi connectivity index (χ1) is 8.15. The first kappa shape index (κ1) is 12.7. The third-order valence-electron chi connectivity index (χ3n) is 3.23. The van der Waals surface area contributed by atoms with Gasteiger partial charge in [0.25, 0.3) is 0 Å². The van der Waals surface area contributed by atoms with Gasteiger partial charge in [-0.15, -0.1) is 0 Å². The second-order valence-corrected chi connectivity index (χ2v) is 5.18. The van der Waals surface area contributed by atoms with Crippen molar-refractivity contribution in [3.05, 3.63) is 29.0 Å². The molecule has 94 valence electrons. The highest BCUT2D eigenvalue weighted by Gasteiger charge is 2.17. The summed E-state index contributed by atoms with van der Waals surface area (Å²) in [7, 11) is 2.14. The topological polar surface area (TPSA) is 15.3 Å². The molecular formula is C13H18ClFN2. The largest absolute Gasteiger partial charge is 0.383 e. The molecule has 1 atom stereocenters. The summed E-state index contributed by atoms with van der Waals surface area (Å²) in [6.07, 6.45) is 2.46. The van der Waals surface area contributed by atoms with Crippen molar-refractivity contribution in [2.24, 2.45) is 5.92 Å². The van der Waals surface area contributed by atoms with Crippen LogP contribution in [-0.2, 0) is 0 Å². The van der Waals surface area contributed by atoms with Crippen molar-refractivity contribution in [1.29, 1.82) is 0 Å². The van der Waals surface area contributed by atoms with Gasteiger partial charge in [-0.1, -0.05) is 11.6 Å². The number of piperidine rings is 1. The fourth-order valence-corrected chi connectivity index (χ4v) is 2.51. The van der Waals surface area contributed by atoms with Crippen LogP contribution in [0.25, 0.3) is 0 Å². The van der Waals surface area contributed by atoms with E-state index in [2.05, 4.69) is 17.3 Å². The molecule has 1 aliphatic heterocycles. The van der Waals surface area contributed by atoms with E-state index in [1.807, 2.05) is 0 Å². The number of hydrogen-bond donors (Lipinski definition) is 1. The van der Waals surface area contributed by atoms with Gasteiger partial charge in [0, 0.05) is 13.1 Å². The SMILES string of the molecule is CN1CCCC(CNc2cc(F)ccc2Cl)C1. The monoisotopic (exact) mass is 256 g/mol. The van der Waals surface area contributed by atoms with E-state index < -0.39 is 0 Å². The maximum atomic E-state index is 13.1. The summed E-state index contributed by atoms with van der Waals surface area (Å²) >= 11 is 6.00. The second kappa shape index (κ2) is 5.69. The normalized spacial score (nSPS) is 21.5. The summed E-state index contributed by atoms with van der Waals surface area (Å²) in [6, 6.07) is 4.42. The predicted molar refractivity (Wildman–Crippen MR) is 70.1 cm³/mol. The summed E-state index contributed by atoms with van der Waals surface area (Å²) in [5.74, 6) is 0.366. The molecule has 4 heteroatoms. The van der Waals surface area contributed by atoms with Crippen molar-refractivity contribution in [2.75, 3.05) is 32.0 Å². The number of rotatable bonds is 3. The Morgan fingerprint density at radius 3 is 3.12 bits per heavy atom. The second-order valence-electron chi connectivity index (χ2n) is 4.78. The highest BCUT2D eigenvalue weighted by atomic mass is 35.5. The average Bonchev–Trinajstić information content (AvgIpc) is 2.30. The van der Waals surface area contributed by atoms with Gasteiger partial charge in [0.2, 0.25) is 0 Å². The molecule has 2 rings (SSSR count). The van der Waals surface area contributed by atoms with E-state index in [-0.39, 0.29) is 5.82 Å². The molecule has 17 heavy (non-hydrogen) atoms. The van der Waals surface area contributed by atoms with Crippen LogP contribution in [0.15, 0.2) is 18.2 Å². The van der Waals surface area contributed by atoms with Gasteiger partial charge in [-0.05, 0) is 50.6 Å². The Morgan fingerprint density at radius 2 is 2.35 bits per heavy atom. The Labute approximate surface area is 107 Å². The van der Waals surface area contributed by atoms with Crippen molar-refractivity contribution in [1.82, 2.24) is 4.90 Å². The van der Waals surface area contributed by atoms with Crippen molar-refractivity contribution >= 4 is 17.3 Å². The Morgan fingerprint density at radius 1 is 1.53 bits per heavy atom. The Hall–Kier alpha value is -0.800. The molecule has 0 aliphatic carbocycles. The maximum Gasteiger partial charge on any atom is 0.125 e. The van der Waals surface area contributed by atoms with Crippen LogP contribution in [0.1, 0.15) is 12.8 Å². The Bertz CT molecular complexity index is 384. The molecule has 0 aromatic heterocycles. The van der Waals surface area contributed by atoms with Gasteiger partial charge in [-0.2, -0.15) is 0 Å². The highest BCUT2D eigenvalue weighted by molar-refractivity contribution is 6.33. The number of anilines is 1. The van der Waals surface area contributed by atoms with Crippen molar-refractivity contribution in [3.8, 4) is 0 Å². The summed E-state index contributed by atoms with van der Waals surface area (Å²) in [5.41, 5.74) is 0.694. The smallest absolute Gasteiger partial charge is 0.125 e. The summed E-state index contributed by atoms with van der Waals surface area (Å²) in [5, 5.41) is 3.82. The third kappa shape index (κ3) is 3.58. The molecule has 0 saturated carbocycles. The van der Waals surface area contributed by atoms with Crippen LogP contribution in [0.5, 0.6) is 0 Å². The lowest BCUT2D eigenvalue weighted by Crippen LogP contribution is -2.35. The van der Waals surface area contributed by atoms with Gasteiger partial charge in [-0.25, -0.2) is 4.39 Å². The highest BCUT2D eigenvalue weighted by Crippen LogP contribution is 2.23. The molecule has 1 unspecified atom stereocenters. The lowest BCUT2D eigenvalue weighted by molar-refractivity contribution is 0.217. The minimum absolute atomic E-state index is 0.252. The first-order valence-corrected chi connectivity index (χ1v) is 6.40. The number of halogens is 2. The fraction of sp³-hybridized carbons (Fsp3) is 0.538. The molecule has 1 aromatic rings. The predicted octanol–water partition coefficient (Wildman–Crippen LogP) is 3.23. The lowest BCUT2D eigenvalue weighted by Gasteiger charge is -2.30. The molecule has 0 amide bonds. The summed E-state index contributed by atoms with van der Waals surface area (Å²) in [6.45, 7) is 3.13. The van der Waals surface area contributed by atoms with Crippen LogP contribution >= 0.6 is 11.6 Å². The average molecular weight is 257 g/mol. The van der Waals surface area contributed by atoms with Crippen LogP contribution in [-0.4, -0.2) is 31.6 Å². The zero-order chi connectivity index (χ0) is 12.3. The van der Waals surface area contributed by atoms with Crippen molar-refractivity contribution in [3.63, 3.8) is 0 Å². The summed E-state index contributed by atoms with van der Waals surface area (Å²) < 4.78 is 13.1. The standard InChI is InChI=1S/C13H18ClFN2/c1-17-6-2-3-10(9-17)8-16-13-7-11(15)4-5-12(13)14/h4-5,7,10,16H,2-3,6,8-9H2,1H3. The molecule has 2 nitrogen and oxygen atoms in total. The van der Waals surface area contributed by atoms with Crippen LogP contribution < -0.4 is 5.32 Å². The van der Waals surface area contributed by atoms with Gasteiger partial charge in [0.05, 0.1) is 10.7 Å². The Kier molecular flexibility index (Phi) is 4.24. The minimum atomic E-state index is -0.252. The van der Waals surface area contributed by atoms with E-state index in [4.69, 9.17) is 11.6 Å². The number of benzene rings is 1. The van der Waals surface area contributed by atoms with E-state index in [9.17, 15) is 4.39 Å². The molecule has 1 heterocycles. The molecule has 0 radical (unpaired) electrons. The first-order valence-electron chi connectivity index (χ1n) is 6.02. The quantitative estimate of drug-likeness (QED) is 0.893. The zero-order valence-electron chi connectivity index (χ0n) is 10.0. The molecule has 1 aromatic carbocycles. The molecule has 1 saturated heterocycles. The van der Waals surface area contributed by atoms with Gasteiger partial charge in [-0.3, -0.25) is 0 Å². The maximum absolute atomic E-state index is 13.1. The van der Waals surface area contributed by atoms with Crippen LogP contribution in [0.4, 0.5) is 10.1 Å². The third-order valence-corrected chi connectivity index (χ3v) is 3.56. The van der Waals surface area contributed by atoms with E-state index in [0.29, 0.717) is 16.6 Å². The van der Waals surface area contributed by atoms with Gasteiger partial charge >= 0.3 is 0 Å². The van der Waals surface area contributed by atoms with E-state index in [1.165, 1.54) is 31.5 Å². The molecular weight excluding hydrogens is 239 g/mol. The number of hydrogen-bond acceptors (Lipinski definition) is 2. The van der Waals surface area contributed by atoms with E-state index in [0.717, 1.165) is 13.1 Å². The fourth-order valence-electron chi connectivity index (χ4n) is 2.33.